The summed E-state index contributed by atoms with van der Waals surface area (Å²) in [6.45, 7) is 0. The summed E-state index contributed by atoms with van der Waals surface area (Å²) >= 11 is 0. The van der Waals surface area contributed by atoms with Crippen LogP contribution in [0.1, 0.15) is 5.56 Å². The molecule has 0 heterocycles. The summed E-state index contributed by atoms with van der Waals surface area (Å²) in [5.41, 5.74) is 5.35. The fourth-order valence-corrected chi connectivity index (χ4v) is 2.59. The first kappa shape index (κ1) is 24.7. The van der Waals surface area contributed by atoms with Gasteiger partial charge in [0.15, 0.2) is 46.3 Å². The van der Waals surface area contributed by atoms with E-state index in [4.69, 9.17) is 11.5 Å². The lowest BCUT2D eigenvalue weighted by molar-refractivity contribution is -0.141. The van der Waals surface area contributed by atoms with Gasteiger partial charge in [-0.1, -0.05) is 0 Å². The van der Waals surface area contributed by atoms with Gasteiger partial charge in [0.25, 0.3) is 0 Å². The van der Waals surface area contributed by atoms with Crippen molar-refractivity contribution in [3.8, 4) is 23.0 Å². The lowest BCUT2D eigenvalue weighted by atomic mass is 10.1. The molecule has 4 nitrogen and oxygen atoms in total. The summed E-state index contributed by atoms with van der Waals surface area (Å²) in [6.07, 6.45) is -5.71. The third-order valence-corrected chi connectivity index (χ3v) is 4.14. The van der Waals surface area contributed by atoms with E-state index in [0.29, 0.717) is 0 Å². The molecule has 0 saturated carbocycles. The summed E-state index contributed by atoms with van der Waals surface area (Å²) in [4.78, 5) is 0. The van der Waals surface area contributed by atoms with Gasteiger partial charge in [0.05, 0.1) is 11.4 Å². The lowest BCUT2D eigenvalue weighted by Crippen LogP contribution is -2.13. The third-order valence-electron chi connectivity index (χ3n) is 4.14. The summed E-state index contributed by atoms with van der Waals surface area (Å²) in [6, 6.07) is 0.130. The van der Waals surface area contributed by atoms with E-state index in [9.17, 15) is 48.3 Å². The molecule has 3 aromatic carbocycles. The van der Waals surface area contributed by atoms with Crippen molar-refractivity contribution in [2.45, 2.75) is 6.18 Å². The number of rotatable bonds is 4. The first-order valence-corrected chi connectivity index (χ1v) is 8.45. The highest BCUT2D eigenvalue weighted by Gasteiger charge is 2.42. The van der Waals surface area contributed by atoms with E-state index in [1.165, 1.54) is 0 Å². The van der Waals surface area contributed by atoms with Crippen molar-refractivity contribution < 1.29 is 57.8 Å². The summed E-state index contributed by atoms with van der Waals surface area (Å²) in [5.74, 6) is -24.1. The van der Waals surface area contributed by atoms with E-state index in [2.05, 4.69) is 9.47 Å². The van der Waals surface area contributed by atoms with Crippen molar-refractivity contribution in [2.24, 2.45) is 0 Å². The smallest absolute Gasteiger partial charge is 0.422 e. The molecule has 3 rings (SSSR count). The number of nitrogens with two attached hydrogens (primary N) is 2. The summed E-state index contributed by atoms with van der Waals surface area (Å²) < 4.78 is 160. The molecule has 0 fully saturated rings. The number of ether oxygens (including phenoxy) is 2. The minimum Gasteiger partial charge on any atom is -0.451 e. The second kappa shape index (κ2) is 8.46. The summed E-state index contributed by atoms with van der Waals surface area (Å²) in [5, 5.41) is 0. The molecule has 0 aliphatic rings. The Hall–Kier alpha value is -3.91. The molecule has 0 aromatic heterocycles. The molecule has 0 aliphatic carbocycles. The van der Waals surface area contributed by atoms with Crippen LogP contribution in [0.4, 0.5) is 59.7 Å². The first-order chi connectivity index (χ1) is 15.6. The van der Waals surface area contributed by atoms with Crippen LogP contribution in [0.2, 0.25) is 0 Å². The maximum Gasteiger partial charge on any atom is 0.422 e. The minimum absolute atomic E-state index is 0.133. The van der Waals surface area contributed by atoms with Crippen LogP contribution in [0.15, 0.2) is 18.2 Å². The van der Waals surface area contributed by atoms with Gasteiger partial charge in [0.2, 0.25) is 17.5 Å². The van der Waals surface area contributed by atoms with E-state index in [1.54, 1.807) is 0 Å². The molecular formula is C19H7F11N2O2. The summed E-state index contributed by atoms with van der Waals surface area (Å²) in [7, 11) is 0. The van der Waals surface area contributed by atoms with Crippen LogP contribution in [0.25, 0.3) is 0 Å². The third kappa shape index (κ3) is 4.20. The van der Waals surface area contributed by atoms with Crippen molar-refractivity contribution in [3.63, 3.8) is 0 Å². The highest BCUT2D eigenvalue weighted by Crippen LogP contribution is 2.46. The van der Waals surface area contributed by atoms with Crippen molar-refractivity contribution in [2.75, 3.05) is 11.5 Å². The van der Waals surface area contributed by atoms with Crippen LogP contribution in [0.3, 0.4) is 0 Å². The van der Waals surface area contributed by atoms with Gasteiger partial charge < -0.3 is 20.9 Å². The number of halogens is 11. The van der Waals surface area contributed by atoms with Crippen LogP contribution in [0.5, 0.6) is 23.0 Å². The van der Waals surface area contributed by atoms with Gasteiger partial charge >= 0.3 is 6.18 Å². The molecule has 0 saturated heterocycles. The van der Waals surface area contributed by atoms with Crippen LogP contribution in [0, 0.1) is 46.5 Å². The molecular weight excluding hydrogens is 497 g/mol. The lowest BCUT2D eigenvalue weighted by Gasteiger charge is -2.18. The van der Waals surface area contributed by atoms with Gasteiger partial charge in [-0.05, 0) is 0 Å². The SMILES string of the molecule is Nc1cc(Oc2cc(F)c(C(F)(F)F)c(Oc3cc(N)c(F)c(F)c3F)c2F)c(F)c(F)c1F. The van der Waals surface area contributed by atoms with Crippen LogP contribution in [-0.4, -0.2) is 0 Å². The molecule has 0 aliphatic heterocycles. The quantitative estimate of drug-likeness (QED) is 0.240. The second-order valence-electron chi connectivity index (χ2n) is 6.39. The van der Waals surface area contributed by atoms with Gasteiger partial charge in [-0.2, -0.15) is 26.3 Å². The molecule has 0 atom stereocenters. The Balaban J connectivity index is 2.23. The van der Waals surface area contributed by atoms with Crippen molar-refractivity contribution >= 4 is 11.4 Å². The molecule has 0 amide bonds. The van der Waals surface area contributed by atoms with Crippen molar-refractivity contribution in [1.82, 2.24) is 0 Å². The molecule has 0 unspecified atom stereocenters. The number of nitrogen functional groups attached to an aromatic ring is 2. The normalized spacial score (nSPS) is 11.6. The van der Waals surface area contributed by atoms with E-state index in [-0.39, 0.29) is 18.2 Å². The fourth-order valence-electron chi connectivity index (χ4n) is 2.59. The maximum atomic E-state index is 14.9. The number of anilines is 2. The van der Waals surface area contributed by atoms with Crippen LogP contribution >= 0.6 is 0 Å². The predicted molar refractivity (Wildman–Crippen MR) is 93.0 cm³/mol. The van der Waals surface area contributed by atoms with Gasteiger partial charge in [-0.25, -0.2) is 22.0 Å². The topological polar surface area (TPSA) is 70.5 Å². The molecule has 0 spiro atoms. The molecule has 34 heavy (non-hydrogen) atoms. The zero-order valence-electron chi connectivity index (χ0n) is 15.9. The van der Waals surface area contributed by atoms with Crippen LogP contribution in [-0.2, 0) is 6.18 Å². The van der Waals surface area contributed by atoms with E-state index in [0.717, 1.165) is 0 Å². The highest BCUT2D eigenvalue weighted by atomic mass is 19.4. The van der Waals surface area contributed by atoms with Crippen molar-refractivity contribution in [1.29, 1.82) is 0 Å². The Bertz CT molecular complexity index is 1310. The second-order valence-corrected chi connectivity index (χ2v) is 6.39. The Morgan fingerprint density at radius 2 is 0.941 bits per heavy atom. The molecule has 0 bridgehead atoms. The van der Waals surface area contributed by atoms with Gasteiger partial charge in [0.1, 0.15) is 11.4 Å². The zero-order valence-corrected chi connectivity index (χ0v) is 15.9. The van der Waals surface area contributed by atoms with Crippen molar-refractivity contribution in [3.05, 3.63) is 70.3 Å². The Morgan fingerprint density at radius 1 is 0.529 bits per heavy atom. The van der Waals surface area contributed by atoms with E-state index < -0.39 is 92.7 Å². The van der Waals surface area contributed by atoms with Gasteiger partial charge in [-0.15, -0.1) is 0 Å². The molecule has 4 N–H and O–H groups in total. The average Bonchev–Trinajstić information content (AvgIpc) is 2.74. The number of alkyl halides is 3. The Labute approximate surface area is 181 Å². The monoisotopic (exact) mass is 504 g/mol. The standard InChI is InChI=1S/C19H7F11N2O2/c20-4-1-7(33-8-2-5(31)11(21)16(26)13(8)23)15(25)18(10(4)19(28,29)30)34-9-3-6(32)12(22)17(27)14(9)24/h1-3H,31-32H2. The predicted octanol–water partition coefficient (Wildman–Crippen LogP) is 6.57. The Kier molecular flexibility index (Phi) is 6.15. The fraction of sp³-hybridized carbons (Fsp3) is 0.0526. The number of hydrogen-bond acceptors (Lipinski definition) is 4. The zero-order chi connectivity index (χ0) is 25.7. The van der Waals surface area contributed by atoms with E-state index >= 15 is 0 Å². The Morgan fingerprint density at radius 3 is 1.38 bits per heavy atom. The molecule has 15 heteroatoms. The first-order valence-electron chi connectivity index (χ1n) is 8.45. The number of benzene rings is 3. The highest BCUT2D eigenvalue weighted by molar-refractivity contribution is 5.53. The average molecular weight is 504 g/mol. The van der Waals surface area contributed by atoms with Gasteiger partial charge in [-0.3, -0.25) is 0 Å². The molecule has 0 radical (unpaired) electrons. The molecule has 182 valence electrons. The molecule has 3 aromatic rings. The number of hydrogen-bond donors (Lipinski definition) is 2. The largest absolute Gasteiger partial charge is 0.451 e. The van der Waals surface area contributed by atoms with Crippen LogP contribution < -0.4 is 20.9 Å². The van der Waals surface area contributed by atoms with E-state index in [1.807, 2.05) is 0 Å². The minimum atomic E-state index is -5.71. The maximum absolute atomic E-state index is 14.9. The van der Waals surface area contributed by atoms with Gasteiger partial charge in [0, 0.05) is 18.2 Å².